The number of thiocarbonyl (C=S) groups is 1. The number of amides is 1. The highest BCUT2D eigenvalue weighted by molar-refractivity contribution is 7.80. The van der Waals surface area contributed by atoms with Crippen molar-refractivity contribution in [1.29, 1.82) is 0 Å². The van der Waals surface area contributed by atoms with Crippen LogP contribution in [0.5, 0.6) is 0 Å². The minimum atomic E-state index is -0.185. The van der Waals surface area contributed by atoms with Gasteiger partial charge >= 0.3 is 0 Å². The molecule has 0 bridgehead atoms. The second-order valence-electron chi connectivity index (χ2n) is 4.05. The SMILES string of the molecule is CC(=O)NC(=S)Nc1ccccc1-c1ccccc1. The number of para-hydroxylation sites is 1. The lowest BCUT2D eigenvalue weighted by Gasteiger charge is -2.12. The van der Waals surface area contributed by atoms with Crippen molar-refractivity contribution in [1.82, 2.24) is 5.32 Å². The van der Waals surface area contributed by atoms with E-state index >= 15 is 0 Å². The Morgan fingerprint density at radius 1 is 1.00 bits per heavy atom. The first-order valence-electron chi connectivity index (χ1n) is 5.90. The number of carbonyl (C=O) groups excluding carboxylic acids is 1. The number of carbonyl (C=O) groups is 1. The summed E-state index contributed by atoms with van der Waals surface area (Å²) < 4.78 is 0. The molecule has 4 heteroatoms. The van der Waals surface area contributed by atoms with Crippen molar-refractivity contribution < 1.29 is 4.79 Å². The first-order chi connectivity index (χ1) is 9.16. The van der Waals surface area contributed by atoms with Crippen LogP contribution in [0.2, 0.25) is 0 Å². The molecule has 2 rings (SSSR count). The van der Waals surface area contributed by atoms with Gasteiger partial charge in [-0.15, -0.1) is 0 Å². The first kappa shape index (κ1) is 13.2. The van der Waals surface area contributed by atoms with Crippen molar-refractivity contribution in [2.24, 2.45) is 0 Å². The van der Waals surface area contributed by atoms with Crippen LogP contribution in [0.4, 0.5) is 5.69 Å². The van der Waals surface area contributed by atoms with Gasteiger partial charge in [0.25, 0.3) is 0 Å². The molecule has 0 saturated carbocycles. The normalized spacial score (nSPS) is 9.74. The van der Waals surface area contributed by atoms with E-state index in [-0.39, 0.29) is 5.91 Å². The third kappa shape index (κ3) is 3.63. The van der Waals surface area contributed by atoms with Crippen LogP contribution in [0.1, 0.15) is 6.92 Å². The Labute approximate surface area is 117 Å². The predicted molar refractivity (Wildman–Crippen MR) is 81.9 cm³/mol. The molecule has 0 fully saturated rings. The zero-order chi connectivity index (χ0) is 13.7. The summed E-state index contributed by atoms with van der Waals surface area (Å²) in [6.07, 6.45) is 0. The predicted octanol–water partition coefficient (Wildman–Crippen LogP) is 3.19. The molecule has 2 N–H and O–H groups in total. The Morgan fingerprint density at radius 3 is 2.32 bits per heavy atom. The smallest absolute Gasteiger partial charge is 0.222 e. The molecule has 0 saturated heterocycles. The van der Waals surface area contributed by atoms with E-state index in [1.54, 1.807) is 0 Å². The molecule has 3 nitrogen and oxygen atoms in total. The number of nitrogens with one attached hydrogen (secondary N) is 2. The van der Waals surface area contributed by atoms with Gasteiger partial charge < -0.3 is 10.6 Å². The summed E-state index contributed by atoms with van der Waals surface area (Å²) in [5, 5.41) is 5.89. The summed E-state index contributed by atoms with van der Waals surface area (Å²) in [5.41, 5.74) is 3.00. The number of hydrogen-bond donors (Lipinski definition) is 2. The van der Waals surface area contributed by atoms with Crippen LogP contribution in [0.25, 0.3) is 11.1 Å². The molecular weight excluding hydrogens is 256 g/mol. The second kappa shape index (κ2) is 6.11. The van der Waals surface area contributed by atoms with E-state index < -0.39 is 0 Å². The zero-order valence-electron chi connectivity index (χ0n) is 10.5. The lowest BCUT2D eigenvalue weighted by Crippen LogP contribution is -2.32. The van der Waals surface area contributed by atoms with Crippen LogP contribution in [0.3, 0.4) is 0 Å². The highest BCUT2D eigenvalue weighted by Crippen LogP contribution is 2.27. The van der Waals surface area contributed by atoms with Crippen molar-refractivity contribution in [2.75, 3.05) is 5.32 Å². The molecule has 96 valence electrons. The van der Waals surface area contributed by atoms with Crippen LogP contribution >= 0.6 is 12.2 Å². The maximum Gasteiger partial charge on any atom is 0.222 e. The molecule has 0 aliphatic rings. The van der Waals surface area contributed by atoms with Gasteiger partial charge in [0.1, 0.15) is 0 Å². The van der Waals surface area contributed by atoms with Crippen LogP contribution in [-0.2, 0) is 4.79 Å². The van der Waals surface area contributed by atoms with Gasteiger partial charge in [0.2, 0.25) is 5.91 Å². The molecule has 2 aromatic rings. The highest BCUT2D eigenvalue weighted by Gasteiger charge is 2.06. The Hall–Kier alpha value is -2.20. The summed E-state index contributed by atoms with van der Waals surface area (Å²) >= 11 is 5.08. The van der Waals surface area contributed by atoms with E-state index in [2.05, 4.69) is 10.6 Å². The standard InChI is InChI=1S/C15H14N2OS/c1-11(18)16-15(19)17-14-10-6-5-9-13(14)12-7-3-2-4-8-12/h2-10H,1H3,(H2,16,17,18,19). The fourth-order valence-electron chi connectivity index (χ4n) is 1.78. The molecule has 0 atom stereocenters. The van der Waals surface area contributed by atoms with Crippen LogP contribution in [0.15, 0.2) is 54.6 Å². The van der Waals surface area contributed by atoms with Crippen molar-refractivity contribution in [2.45, 2.75) is 6.92 Å². The minimum Gasteiger partial charge on any atom is -0.332 e. The lowest BCUT2D eigenvalue weighted by molar-refractivity contribution is -0.117. The Kier molecular flexibility index (Phi) is 4.26. The fourth-order valence-corrected chi connectivity index (χ4v) is 2.03. The molecule has 0 heterocycles. The number of anilines is 1. The molecule has 0 radical (unpaired) electrons. The molecule has 0 aliphatic heterocycles. The molecule has 0 aromatic heterocycles. The summed E-state index contributed by atoms with van der Waals surface area (Å²) in [5.74, 6) is -0.185. The Morgan fingerprint density at radius 2 is 1.63 bits per heavy atom. The zero-order valence-corrected chi connectivity index (χ0v) is 11.3. The average molecular weight is 270 g/mol. The van der Waals surface area contributed by atoms with E-state index in [0.717, 1.165) is 16.8 Å². The van der Waals surface area contributed by atoms with E-state index in [4.69, 9.17) is 12.2 Å². The molecule has 1 amide bonds. The second-order valence-corrected chi connectivity index (χ2v) is 4.46. The van der Waals surface area contributed by atoms with Crippen LogP contribution in [0, 0.1) is 0 Å². The summed E-state index contributed by atoms with van der Waals surface area (Å²) in [4.78, 5) is 11.0. The fraction of sp³-hybridized carbons (Fsp3) is 0.0667. The average Bonchev–Trinajstić information content (AvgIpc) is 2.39. The number of benzene rings is 2. The van der Waals surface area contributed by atoms with Crippen molar-refractivity contribution in [3.05, 3.63) is 54.6 Å². The molecule has 2 aromatic carbocycles. The third-order valence-electron chi connectivity index (χ3n) is 2.55. The van der Waals surface area contributed by atoms with Gasteiger partial charge in [-0.2, -0.15) is 0 Å². The van der Waals surface area contributed by atoms with Crippen molar-refractivity contribution >= 4 is 28.9 Å². The van der Waals surface area contributed by atoms with E-state index in [1.165, 1.54) is 6.92 Å². The van der Waals surface area contributed by atoms with E-state index in [0.29, 0.717) is 5.11 Å². The maximum absolute atomic E-state index is 11.0. The Bertz CT molecular complexity index is 596. The Balaban J connectivity index is 2.27. The molecular formula is C15H14N2OS. The quantitative estimate of drug-likeness (QED) is 0.823. The largest absolute Gasteiger partial charge is 0.332 e. The molecule has 19 heavy (non-hydrogen) atoms. The lowest BCUT2D eigenvalue weighted by atomic mass is 10.0. The van der Waals surface area contributed by atoms with Gasteiger partial charge in [0.05, 0.1) is 0 Å². The first-order valence-corrected chi connectivity index (χ1v) is 6.30. The van der Waals surface area contributed by atoms with Gasteiger partial charge in [-0.1, -0.05) is 48.5 Å². The summed E-state index contributed by atoms with van der Waals surface area (Å²) in [6.45, 7) is 1.43. The van der Waals surface area contributed by atoms with Gasteiger partial charge in [-0.25, -0.2) is 0 Å². The van der Waals surface area contributed by atoms with E-state index in [1.807, 2.05) is 54.6 Å². The topological polar surface area (TPSA) is 41.1 Å². The van der Waals surface area contributed by atoms with Gasteiger partial charge in [-0.05, 0) is 23.8 Å². The molecule has 0 aliphatic carbocycles. The maximum atomic E-state index is 11.0. The number of rotatable bonds is 2. The summed E-state index contributed by atoms with van der Waals surface area (Å²) in [7, 11) is 0. The minimum absolute atomic E-state index is 0.185. The third-order valence-corrected chi connectivity index (χ3v) is 2.75. The molecule has 0 spiro atoms. The highest BCUT2D eigenvalue weighted by atomic mass is 32.1. The van der Waals surface area contributed by atoms with Crippen molar-refractivity contribution in [3.63, 3.8) is 0 Å². The summed E-state index contributed by atoms with van der Waals surface area (Å²) in [6, 6.07) is 17.8. The van der Waals surface area contributed by atoms with Gasteiger partial charge in [0.15, 0.2) is 5.11 Å². The van der Waals surface area contributed by atoms with Gasteiger partial charge in [-0.3, -0.25) is 4.79 Å². The van der Waals surface area contributed by atoms with Crippen LogP contribution in [-0.4, -0.2) is 11.0 Å². The van der Waals surface area contributed by atoms with Gasteiger partial charge in [0, 0.05) is 18.2 Å². The number of hydrogen-bond acceptors (Lipinski definition) is 2. The van der Waals surface area contributed by atoms with Crippen molar-refractivity contribution in [3.8, 4) is 11.1 Å². The van der Waals surface area contributed by atoms with E-state index in [9.17, 15) is 4.79 Å². The van der Waals surface area contributed by atoms with Crippen LogP contribution < -0.4 is 10.6 Å². The molecule has 0 unspecified atom stereocenters. The monoisotopic (exact) mass is 270 g/mol.